The van der Waals surface area contributed by atoms with E-state index in [0.29, 0.717) is 12.0 Å². The zero-order valence-electron chi connectivity index (χ0n) is 15.1. The summed E-state index contributed by atoms with van der Waals surface area (Å²) in [5.74, 6) is -2.37. The van der Waals surface area contributed by atoms with Crippen molar-refractivity contribution < 1.29 is 29.3 Å². The highest BCUT2D eigenvalue weighted by molar-refractivity contribution is 6.05. The molecule has 0 heterocycles. The summed E-state index contributed by atoms with van der Waals surface area (Å²) in [6.07, 6.45) is 0.684. The number of hydrogen-bond donors (Lipinski definition) is 2. The van der Waals surface area contributed by atoms with Gasteiger partial charge in [0.05, 0.1) is 5.92 Å². The Kier molecular flexibility index (Phi) is 5.66. The normalized spacial score (nSPS) is 28.8. The first-order valence-electron chi connectivity index (χ1n) is 8.44. The van der Waals surface area contributed by atoms with Gasteiger partial charge in [-0.15, -0.1) is 0 Å². The van der Waals surface area contributed by atoms with Crippen LogP contribution in [-0.4, -0.2) is 41.5 Å². The molecule has 6 nitrogen and oxygen atoms in total. The molecule has 1 aromatic rings. The lowest BCUT2D eigenvalue weighted by atomic mass is 9.61. The monoisotopic (exact) mass is 350 g/mol. The molecule has 0 saturated heterocycles. The van der Waals surface area contributed by atoms with Gasteiger partial charge in [-0.25, -0.2) is 4.79 Å². The fourth-order valence-corrected chi connectivity index (χ4v) is 3.44. The number of ether oxygens (including phenoxy) is 2. The molecule has 0 bridgehead atoms. The smallest absolute Gasteiger partial charge is 0.344 e. The van der Waals surface area contributed by atoms with E-state index < -0.39 is 28.9 Å². The third-order valence-electron chi connectivity index (χ3n) is 4.99. The lowest BCUT2D eigenvalue weighted by molar-refractivity contribution is -0.222. The van der Waals surface area contributed by atoms with Gasteiger partial charge in [-0.2, -0.15) is 0 Å². The lowest BCUT2D eigenvalue weighted by Crippen LogP contribution is -2.66. The second-order valence-corrected chi connectivity index (χ2v) is 7.03. The van der Waals surface area contributed by atoms with Crippen LogP contribution in [0.2, 0.25) is 0 Å². The molecule has 0 aliphatic heterocycles. The molecule has 0 aromatic heterocycles. The fraction of sp³-hybridized carbons (Fsp3) is 0.579. The van der Waals surface area contributed by atoms with Gasteiger partial charge in [0, 0.05) is 12.7 Å². The molecule has 1 aliphatic carbocycles. The summed E-state index contributed by atoms with van der Waals surface area (Å²) in [5.41, 5.74) is -3.72. The molecule has 0 radical (unpaired) electrons. The summed E-state index contributed by atoms with van der Waals surface area (Å²) in [5, 5.41) is 22.8. The van der Waals surface area contributed by atoms with Crippen molar-refractivity contribution in [3.63, 3.8) is 0 Å². The molecule has 0 spiro atoms. The average Bonchev–Trinajstić information content (AvgIpc) is 2.61. The number of methoxy groups -OCH3 is 1. The largest absolute Gasteiger partial charge is 0.436 e. The minimum absolute atomic E-state index is 0.123. The summed E-state index contributed by atoms with van der Waals surface area (Å²) in [4.78, 5) is 25.4. The van der Waals surface area contributed by atoms with Gasteiger partial charge >= 0.3 is 5.97 Å². The molecule has 25 heavy (non-hydrogen) atoms. The molecule has 138 valence electrons. The van der Waals surface area contributed by atoms with Gasteiger partial charge < -0.3 is 19.7 Å². The van der Waals surface area contributed by atoms with E-state index in [0.717, 1.165) is 0 Å². The van der Waals surface area contributed by atoms with E-state index in [4.69, 9.17) is 9.47 Å². The van der Waals surface area contributed by atoms with Crippen molar-refractivity contribution in [3.8, 4) is 0 Å². The SMILES string of the molecule is COCOC(=O)[C@@]1(O)[C@@H](C)C(=O)c2ccccc2[C@]1(O)CCC(C)C. The summed E-state index contributed by atoms with van der Waals surface area (Å²) in [6, 6.07) is 6.55. The Bertz CT molecular complexity index is 655. The Hall–Kier alpha value is -1.76. The van der Waals surface area contributed by atoms with Gasteiger partial charge in [0.15, 0.2) is 12.6 Å². The number of aliphatic hydroxyl groups is 2. The maximum Gasteiger partial charge on any atom is 0.344 e. The highest BCUT2D eigenvalue weighted by atomic mass is 16.7. The zero-order valence-corrected chi connectivity index (χ0v) is 15.1. The lowest BCUT2D eigenvalue weighted by Gasteiger charge is -2.48. The predicted octanol–water partition coefficient (Wildman–Crippen LogP) is 2.02. The third kappa shape index (κ3) is 3.10. The average molecular weight is 350 g/mol. The topological polar surface area (TPSA) is 93.1 Å². The summed E-state index contributed by atoms with van der Waals surface area (Å²) >= 11 is 0. The van der Waals surface area contributed by atoms with Crippen molar-refractivity contribution in [3.05, 3.63) is 35.4 Å². The van der Waals surface area contributed by atoms with E-state index in [1.165, 1.54) is 14.0 Å². The van der Waals surface area contributed by atoms with Crippen LogP contribution in [0, 0.1) is 11.8 Å². The Morgan fingerprint density at radius 2 is 1.92 bits per heavy atom. The van der Waals surface area contributed by atoms with Crippen LogP contribution in [-0.2, 0) is 19.9 Å². The quantitative estimate of drug-likeness (QED) is 0.602. The standard InChI is InChI=1S/C19H26O6/c1-12(2)9-10-18(22)15-8-6-5-7-14(15)16(20)13(3)19(18,23)17(21)25-11-24-4/h5-8,12-13,22-23H,9-11H2,1-4H3/t13-,18+,19-/m0/s1. The van der Waals surface area contributed by atoms with Gasteiger partial charge in [0.1, 0.15) is 5.60 Å². The molecule has 1 aromatic carbocycles. The zero-order chi connectivity index (χ0) is 18.8. The van der Waals surface area contributed by atoms with Crippen molar-refractivity contribution in [2.75, 3.05) is 13.9 Å². The van der Waals surface area contributed by atoms with E-state index in [9.17, 15) is 19.8 Å². The molecule has 2 rings (SSSR count). The summed E-state index contributed by atoms with van der Waals surface area (Å²) in [7, 11) is 1.34. The molecule has 3 atom stereocenters. The summed E-state index contributed by atoms with van der Waals surface area (Å²) in [6.45, 7) is 5.03. The van der Waals surface area contributed by atoms with Gasteiger partial charge in [0.25, 0.3) is 0 Å². The van der Waals surface area contributed by atoms with Crippen molar-refractivity contribution >= 4 is 11.8 Å². The molecule has 0 unspecified atom stereocenters. The molecular formula is C19H26O6. The second kappa shape index (κ2) is 7.23. The van der Waals surface area contributed by atoms with Crippen LogP contribution >= 0.6 is 0 Å². The number of ketones is 1. The molecule has 0 fully saturated rings. The first kappa shape index (κ1) is 19.6. The van der Waals surface area contributed by atoms with E-state index >= 15 is 0 Å². The molecule has 0 amide bonds. The first-order valence-corrected chi connectivity index (χ1v) is 8.44. The van der Waals surface area contributed by atoms with Crippen LogP contribution in [0.4, 0.5) is 0 Å². The van der Waals surface area contributed by atoms with Gasteiger partial charge in [0.2, 0.25) is 5.60 Å². The van der Waals surface area contributed by atoms with E-state index in [1.807, 2.05) is 13.8 Å². The van der Waals surface area contributed by atoms with Crippen molar-refractivity contribution in [1.82, 2.24) is 0 Å². The molecule has 0 saturated carbocycles. The van der Waals surface area contributed by atoms with Crippen LogP contribution in [0.25, 0.3) is 0 Å². The first-order chi connectivity index (χ1) is 11.7. The van der Waals surface area contributed by atoms with Crippen LogP contribution in [0.15, 0.2) is 24.3 Å². The Labute approximate surface area is 147 Å². The number of carbonyl (C=O) groups excluding carboxylic acids is 2. The number of fused-ring (bicyclic) bond motifs is 1. The third-order valence-corrected chi connectivity index (χ3v) is 4.99. The number of esters is 1. The van der Waals surface area contributed by atoms with Gasteiger partial charge in [-0.3, -0.25) is 4.79 Å². The van der Waals surface area contributed by atoms with Crippen molar-refractivity contribution in [1.29, 1.82) is 0 Å². The number of benzene rings is 1. The second-order valence-electron chi connectivity index (χ2n) is 7.03. The van der Waals surface area contributed by atoms with Gasteiger partial charge in [-0.1, -0.05) is 45.0 Å². The Morgan fingerprint density at radius 1 is 1.28 bits per heavy atom. The number of Topliss-reactive ketones (excluding diaryl/α,β-unsaturated/α-hetero) is 1. The predicted molar refractivity (Wildman–Crippen MR) is 90.8 cm³/mol. The highest BCUT2D eigenvalue weighted by Crippen LogP contribution is 2.49. The Morgan fingerprint density at radius 3 is 2.52 bits per heavy atom. The fourth-order valence-electron chi connectivity index (χ4n) is 3.44. The van der Waals surface area contributed by atoms with Crippen LogP contribution < -0.4 is 0 Å². The summed E-state index contributed by atoms with van der Waals surface area (Å²) < 4.78 is 9.67. The molecular weight excluding hydrogens is 324 g/mol. The maximum absolute atomic E-state index is 12.7. The van der Waals surface area contributed by atoms with Crippen molar-refractivity contribution in [2.24, 2.45) is 11.8 Å². The molecule has 6 heteroatoms. The van der Waals surface area contributed by atoms with E-state index in [-0.39, 0.29) is 24.7 Å². The van der Waals surface area contributed by atoms with Crippen LogP contribution in [0.1, 0.15) is 49.5 Å². The van der Waals surface area contributed by atoms with Gasteiger partial charge in [-0.05, 0) is 24.3 Å². The molecule has 1 aliphatic rings. The minimum Gasteiger partial charge on any atom is -0.436 e. The number of rotatable bonds is 6. The number of carbonyl (C=O) groups is 2. The molecule has 2 N–H and O–H groups in total. The number of hydrogen-bond acceptors (Lipinski definition) is 6. The minimum atomic E-state index is -2.38. The van der Waals surface area contributed by atoms with E-state index in [2.05, 4.69) is 0 Å². The highest BCUT2D eigenvalue weighted by Gasteiger charge is 2.65. The van der Waals surface area contributed by atoms with Crippen LogP contribution in [0.3, 0.4) is 0 Å². The Balaban J connectivity index is 2.62. The maximum atomic E-state index is 12.7. The van der Waals surface area contributed by atoms with Crippen LogP contribution in [0.5, 0.6) is 0 Å². The van der Waals surface area contributed by atoms with E-state index in [1.54, 1.807) is 24.3 Å². The van der Waals surface area contributed by atoms with Crippen molar-refractivity contribution in [2.45, 2.75) is 44.8 Å².